The molecule has 0 aliphatic carbocycles. The van der Waals surface area contributed by atoms with E-state index in [4.69, 9.17) is 9.47 Å². The number of ether oxygens (including phenoxy) is 2. The molecule has 0 atom stereocenters. The molecule has 0 rings (SSSR count). The van der Waals surface area contributed by atoms with Crippen molar-refractivity contribution in [2.24, 2.45) is 0 Å². The van der Waals surface area contributed by atoms with Gasteiger partial charge in [0.25, 0.3) is 0 Å². The highest BCUT2D eigenvalue weighted by Crippen LogP contribution is 2.12. The van der Waals surface area contributed by atoms with Crippen molar-refractivity contribution in [1.29, 1.82) is 0 Å². The van der Waals surface area contributed by atoms with Gasteiger partial charge in [0.05, 0.1) is 0 Å². The van der Waals surface area contributed by atoms with Crippen molar-refractivity contribution in [3.05, 3.63) is 24.3 Å². The highest BCUT2D eigenvalue weighted by atomic mass is 79.9. The zero-order valence-corrected chi connectivity index (χ0v) is 36.1. The van der Waals surface area contributed by atoms with Crippen LogP contribution in [0.1, 0.15) is 194 Å². The Hall–Kier alpha value is -0.700. The molecular formula is C42H82Br2N2O4. The van der Waals surface area contributed by atoms with Crippen LogP contribution in [-0.2, 0) is 19.1 Å². The van der Waals surface area contributed by atoms with E-state index in [0.29, 0.717) is 26.1 Å². The average molecular weight is 839 g/mol. The second-order valence-corrected chi connectivity index (χ2v) is 13.8. The summed E-state index contributed by atoms with van der Waals surface area (Å²) in [5.74, 6) is -0.118. The number of halogens is 2. The molecule has 0 heterocycles. The van der Waals surface area contributed by atoms with Crippen LogP contribution in [0, 0.1) is 0 Å². The van der Waals surface area contributed by atoms with E-state index < -0.39 is 0 Å². The van der Waals surface area contributed by atoms with Crippen LogP contribution in [0.25, 0.3) is 0 Å². The monoisotopic (exact) mass is 836 g/mol. The molecule has 0 aromatic rings. The fourth-order valence-electron chi connectivity index (χ4n) is 5.86. The number of unbranched alkanes of at least 4 members (excludes halogenated alkanes) is 22. The van der Waals surface area contributed by atoms with Crippen LogP contribution in [0.2, 0.25) is 0 Å². The second-order valence-electron chi connectivity index (χ2n) is 13.8. The van der Waals surface area contributed by atoms with Gasteiger partial charge in [0, 0.05) is 12.8 Å². The number of hydrogen-bond acceptors (Lipinski definition) is 4. The minimum Gasteiger partial charge on any atom is -1.00 e. The third-order valence-electron chi connectivity index (χ3n) is 9.03. The molecule has 0 aliphatic rings. The molecular weight excluding hydrogens is 756 g/mol. The topological polar surface area (TPSA) is 85.8 Å². The van der Waals surface area contributed by atoms with Crippen molar-refractivity contribution in [3.63, 3.8) is 0 Å². The second kappa shape index (κ2) is 48.3. The van der Waals surface area contributed by atoms with E-state index in [9.17, 15) is 9.59 Å². The van der Waals surface area contributed by atoms with Gasteiger partial charge in [-0.3, -0.25) is 9.59 Å². The maximum atomic E-state index is 11.9. The number of carbonyl (C=O) groups is 2. The molecule has 0 amide bonds. The first-order chi connectivity index (χ1) is 23.7. The molecule has 298 valence electrons. The number of hydrogen-bond donors (Lipinski definition) is 2. The van der Waals surface area contributed by atoms with Crippen molar-refractivity contribution >= 4 is 11.9 Å². The molecule has 0 radical (unpaired) electrons. The molecule has 6 nitrogen and oxygen atoms in total. The van der Waals surface area contributed by atoms with Gasteiger partial charge in [0.15, 0.2) is 0 Å². The van der Waals surface area contributed by atoms with Crippen molar-refractivity contribution in [2.45, 2.75) is 194 Å². The Bertz CT molecular complexity index is 677. The fourth-order valence-corrected chi connectivity index (χ4v) is 5.86. The number of allylic oxidation sites excluding steroid dienone is 4. The van der Waals surface area contributed by atoms with Crippen molar-refractivity contribution in [2.75, 3.05) is 39.4 Å². The number of carbonyl (C=O) groups excluding carboxylic acids is 2. The van der Waals surface area contributed by atoms with Gasteiger partial charge in [-0.05, 0) is 64.2 Å². The summed E-state index contributed by atoms with van der Waals surface area (Å²) in [6.07, 6.45) is 43.4. The van der Waals surface area contributed by atoms with Gasteiger partial charge in [0.1, 0.15) is 39.4 Å². The van der Waals surface area contributed by atoms with Crippen LogP contribution in [0.3, 0.4) is 0 Å². The molecule has 0 aromatic carbocycles. The lowest BCUT2D eigenvalue weighted by Gasteiger charge is -2.06. The number of esters is 2. The van der Waals surface area contributed by atoms with E-state index in [-0.39, 0.29) is 45.9 Å². The van der Waals surface area contributed by atoms with E-state index in [0.717, 1.165) is 51.9 Å². The predicted octanol–water partition coefficient (Wildman–Crippen LogP) is 3.28. The Kier molecular flexibility index (Phi) is 51.8. The van der Waals surface area contributed by atoms with Gasteiger partial charge in [-0.25, -0.2) is 0 Å². The Balaban J connectivity index is -0.0000110. The van der Waals surface area contributed by atoms with Gasteiger partial charge in [0.2, 0.25) is 0 Å². The smallest absolute Gasteiger partial charge is 0.305 e. The maximum absolute atomic E-state index is 11.9. The predicted molar refractivity (Wildman–Crippen MR) is 204 cm³/mol. The highest BCUT2D eigenvalue weighted by molar-refractivity contribution is 5.69. The first kappa shape index (κ1) is 53.7. The molecule has 0 fully saturated rings. The van der Waals surface area contributed by atoms with Crippen molar-refractivity contribution < 1.29 is 63.7 Å². The largest absolute Gasteiger partial charge is 1.00 e. The van der Waals surface area contributed by atoms with E-state index >= 15 is 0 Å². The Morgan fingerprint density at radius 3 is 1.00 bits per heavy atom. The van der Waals surface area contributed by atoms with Crippen LogP contribution in [0.4, 0.5) is 0 Å². The molecule has 0 aromatic heterocycles. The molecule has 4 N–H and O–H groups in total. The molecule has 0 saturated carbocycles. The summed E-state index contributed by atoms with van der Waals surface area (Å²) in [5, 5.41) is 4.37. The summed E-state index contributed by atoms with van der Waals surface area (Å²) >= 11 is 0. The average Bonchev–Trinajstić information content (AvgIpc) is 3.09. The van der Waals surface area contributed by atoms with Crippen LogP contribution >= 0.6 is 0 Å². The fraction of sp³-hybridized carbons (Fsp3) is 0.857. The van der Waals surface area contributed by atoms with Crippen molar-refractivity contribution in [1.82, 2.24) is 0 Å². The van der Waals surface area contributed by atoms with E-state index in [1.807, 2.05) is 0 Å². The molecule has 0 bridgehead atoms. The lowest BCUT2D eigenvalue weighted by Crippen LogP contribution is -3.00. The van der Waals surface area contributed by atoms with Gasteiger partial charge in [-0.1, -0.05) is 141 Å². The normalized spacial score (nSPS) is 11.2. The summed E-state index contributed by atoms with van der Waals surface area (Å²) < 4.78 is 10.8. The van der Waals surface area contributed by atoms with Gasteiger partial charge < -0.3 is 54.1 Å². The van der Waals surface area contributed by atoms with Gasteiger partial charge in [-0.15, -0.1) is 0 Å². The summed E-state index contributed by atoms with van der Waals surface area (Å²) in [6.45, 7) is 9.05. The molecule has 0 saturated heterocycles. The summed E-state index contributed by atoms with van der Waals surface area (Å²) in [5.41, 5.74) is 0. The van der Waals surface area contributed by atoms with Crippen LogP contribution in [0.15, 0.2) is 24.3 Å². The van der Waals surface area contributed by atoms with Crippen molar-refractivity contribution in [3.8, 4) is 0 Å². The number of nitrogens with two attached hydrogens (primary N) is 2. The van der Waals surface area contributed by atoms with Gasteiger partial charge >= 0.3 is 11.9 Å². The highest BCUT2D eigenvalue weighted by Gasteiger charge is 2.05. The Morgan fingerprint density at radius 1 is 0.400 bits per heavy atom. The van der Waals surface area contributed by atoms with Crippen LogP contribution < -0.4 is 44.6 Å². The summed E-state index contributed by atoms with van der Waals surface area (Å²) in [7, 11) is 0. The standard InChI is InChI=1S/C42H80N2O4.2BrH/c1-3-5-7-9-11-13-15-17-19-21-23-25-27-29-31-33-41(45)47-39-37-43-35-36-44-38-40-48-42(46)34-32-30-28-26-24-22-20-18-16-14-12-10-8-6-4-2;;/h17-20,43-44H,3-16,21-40H2,1-2H3;2*1H/b19-17-,20-18-;;. The third kappa shape index (κ3) is 47.3. The maximum Gasteiger partial charge on any atom is 0.305 e. The SMILES string of the molecule is CCCCCCCC/C=C\CCCCCCCC(=O)OCC[NH2+]CC[NH2+]CCOC(=O)CCCCCCC/C=C\CCCCCCCC.[Br-].[Br-]. The minimum atomic E-state index is -0.0591. The Labute approximate surface area is 331 Å². The number of quaternary nitrogens is 2. The van der Waals surface area contributed by atoms with E-state index in [1.54, 1.807) is 0 Å². The number of rotatable bonds is 39. The molecule has 0 aliphatic heterocycles. The molecule has 50 heavy (non-hydrogen) atoms. The quantitative estimate of drug-likeness (QED) is 0.0567. The first-order valence-electron chi connectivity index (χ1n) is 20.9. The third-order valence-corrected chi connectivity index (χ3v) is 9.03. The van der Waals surface area contributed by atoms with E-state index in [2.05, 4.69) is 48.8 Å². The minimum absolute atomic E-state index is 0. The lowest BCUT2D eigenvalue weighted by molar-refractivity contribution is -0.723. The van der Waals surface area contributed by atoms with Crippen LogP contribution in [-0.4, -0.2) is 51.3 Å². The van der Waals surface area contributed by atoms with Gasteiger partial charge in [-0.2, -0.15) is 0 Å². The Morgan fingerprint density at radius 2 is 0.680 bits per heavy atom. The molecule has 8 heteroatoms. The van der Waals surface area contributed by atoms with Crippen LogP contribution in [0.5, 0.6) is 0 Å². The summed E-state index contributed by atoms with van der Waals surface area (Å²) in [4.78, 5) is 23.9. The molecule has 0 spiro atoms. The zero-order chi connectivity index (χ0) is 34.9. The first-order valence-corrected chi connectivity index (χ1v) is 20.9. The molecule has 0 unspecified atom stereocenters. The zero-order valence-electron chi connectivity index (χ0n) is 32.9. The summed E-state index contributed by atoms with van der Waals surface area (Å²) in [6, 6.07) is 0. The van der Waals surface area contributed by atoms with E-state index in [1.165, 1.54) is 141 Å². The lowest BCUT2D eigenvalue weighted by atomic mass is 10.1.